The summed E-state index contributed by atoms with van der Waals surface area (Å²) >= 11 is 0. The zero-order valence-corrected chi connectivity index (χ0v) is 19.1. The summed E-state index contributed by atoms with van der Waals surface area (Å²) in [5, 5.41) is 13.0. The Morgan fingerprint density at radius 1 is 1.08 bits per heavy atom. The molecule has 2 heterocycles. The van der Waals surface area contributed by atoms with Crippen molar-refractivity contribution in [3.05, 3.63) is 65.0 Å². The SMILES string of the molecule is O=C(O)N1CCCC1c1nc(-c2ccc(OCCCc3ccc(C(F)(F)F)cc3)c(C(F)(F)F)c2)no1. The number of aromatic nitrogens is 2. The molecular weight excluding hydrogens is 508 g/mol. The topological polar surface area (TPSA) is 88.7 Å². The van der Waals surface area contributed by atoms with Crippen LogP contribution in [0, 0.1) is 0 Å². The summed E-state index contributed by atoms with van der Waals surface area (Å²) in [6, 6.07) is 7.16. The highest BCUT2D eigenvalue weighted by molar-refractivity contribution is 5.66. The molecular formula is C24H21F6N3O4. The molecule has 1 saturated heterocycles. The summed E-state index contributed by atoms with van der Waals surface area (Å²) in [5.74, 6) is -0.529. The Morgan fingerprint density at radius 2 is 1.81 bits per heavy atom. The van der Waals surface area contributed by atoms with Gasteiger partial charge >= 0.3 is 18.4 Å². The Hall–Kier alpha value is -3.77. The normalized spacial score (nSPS) is 16.3. The average molecular weight is 529 g/mol. The van der Waals surface area contributed by atoms with E-state index >= 15 is 0 Å². The summed E-state index contributed by atoms with van der Waals surface area (Å²) in [6.45, 7) is 0.198. The zero-order chi connectivity index (χ0) is 26.8. The molecule has 1 N–H and O–H groups in total. The predicted octanol–water partition coefficient (Wildman–Crippen LogP) is 6.60. The molecule has 1 aliphatic heterocycles. The third kappa shape index (κ3) is 6.15. The number of carbonyl (C=O) groups is 1. The number of rotatable bonds is 7. The van der Waals surface area contributed by atoms with Gasteiger partial charge in [0.1, 0.15) is 11.8 Å². The lowest BCUT2D eigenvalue weighted by Gasteiger charge is -2.17. The van der Waals surface area contributed by atoms with Gasteiger partial charge in [0.15, 0.2) is 0 Å². The van der Waals surface area contributed by atoms with E-state index in [0.29, 0.717) is 31.4 Å². The van der Waals surface area contributed by atoms with E-state index in [0.717, 1.165) is 29.2 Å². The number of hydrogen-bond acceptors (Lipinski definition) is 5. The van der Waals surface area contributed by atoms with Crippen LogP contribution in [0.4, 0.5) is 31.1 Å². The lowest BCUT2D eigenvalue weighted by atomic mass is 10.1. The Morgan fingerprint density at radius 3 is 2.46 bits per heavy atom. The van der Waals surface area contributed by atoms with Gasteiger partial charge in [-0.3, -0.25) is 4.90 Å². The molecule has 0 aliphatic carbocycles. The van der Waals surface area contributed by atoms with Crippen molar-refractivity contribution in [1.29, 1.82) is 0 Å². The minimum Gasteiger partial charge on any atom is -0.493 e. The second kappa shape index (κ2) is 10.3. The van der Waals surface area contributed by atoms with Crippen LogP contribution in [-0.2, 0) is 18.8 Å². The summed E-state index contributed by atoms with van der Waals surface area (Å²) in [5.41, 5.74) is -1.23. The van der Waals surface area contributed by atoms with E-state index in [1.807, 2.05) is 0 Å². The van der Waals surface area contributed by atoms with Gasteiger partial charge in [-0.2, -0.15) is 31.3 Å². The molecule has 1 aromatic heterocycles. The third-order valence-electron chi connectivity index (χ3n) is 5.92. The molecule has 198 valence electrons. The second-order valence-electron chi connectivity index (χ2n) is 8.45. The number of nitrogens with zero attached hydrogens (tertiary/aromatic N) is 3. The maximum absolute atomic E-state index is 13.7. The van der Waals surface area contributed by atoms with E-state index in [-0.39, 0.29) is 30.3 Å². The standard InChI is InChI=1S/C24H21F6N3O4/c25-23(26,27)16-8-5-14(6-9-16)3-2-12-36-19-10-7-15(13-17(19)24(28,29)30)20-31-21(37-32-20)18-4-1-11-33(18)22(34)35/h5-10,13,18H,1-4,11-12H2,(H,34,35). The number of hydrogen-bond donors (Lipinski definition) is 1. The maximum Gasteiger partial charge on any atom is 0.419 e. The molecule has 1 amide bonds. The van der Waals surface area contributed by atoms with Gasteiger partial charge in [-0.15, -0.1) is 0 Å². The van der Waals surface area contributed by atoms with Gasteiger partial charge in [0.2, 0.25) is 11.7 Å². The fraction of sp³-hybridized carbons (Fsp3) is 0.375. The van der Waals surface area contributed by atoms with Crippen LogP contribution in [0.1, 0.15) is 47.9 Å². The Bertz CT molecular complexity index is 1240. The Balaban J connectivity index is 1.43. The van der Waals surface area contributed by atoms with E-state index in [2.05, 4.69) is 10.1 Å². The Kier molecular flexibility index (Phi) is 7.32. The van der Waals surface area contributed by atoms with Crippen LogP contribution in [0.5, 0.6) is 5.75 Å². The first-order chi connectivity index (χ1) is 17.4. The van der Waals surface area contributed by atoms with Crippen molar-refractivity contribution in [3.63, 3.8) is 0 Å². The van der Waals surface area contributed by atoms with Crippen LogP contribution in [0.2, 0.25) is 0 Å². The predicted molar refractivity (Wildman–Crippen MR) is 117 cm³/mol. The van der Waals surface area contributed by atoms with Crippen LogP contribution in [0.25, 0.3) is 11.4 Å². The van der Waals surface area contributed by atoms with Gasteiger partial charge in [-0.25, -0.2) is 4.79 Å². The molecule has 0 spiro atoms. The van der Waals surface area contributed by atoms with E-state index in [9.17, 15) is 36.2 Å². The third-order valence-corrected chi connectivity index (χ3v) is 5.92. The smallest absolute Gasteiger partial charge is 0.419 e. The first-order valence-electron chi connectivity index (χ1n) is 11.3. The summed E-state index contributed by atoms with van der Waals surface area (Å²) in [4.78, 5) is 16.6. The number of halogens is 6. The average Bonchev–Trinajstić information content (AvgIpc) is 3.51. The molecule has 0 radical (unpaired) electrons. The second-order valence-corrected chi connectivity index (χ2v) is 8.45. The molecule has 0 bridgehead atoms. The number of benzene rings is 2. The minimum atomic E-state index is -4.75. The van der Waals surface area contributed by atoms with Gasteiger partial charge < -0.3 is 14.4 Å². The Labute approximate surface area is 206 Å². The van der Waals surface area contributed by atoms with Crippen molar-refractivity contribution < 1.29 is 45.5 Å². The first kappa shape index (κ1) is 26.3. The van der Waals surface area contributed by atoms with Gasteiger partial charge in [0, 0.05) is 12.1 Å². The molecule has 13 heteroatoms. The zero-order valence-electron chi connectivity index (χ0n) is 19.1. The number of alkyl halides is 6. The molecule has 1 unspecified atom stereocenters. The lowest BCUT2D eigenvalue weighted by molar-refractivity contribution is -0.139. The number of likely N-dealkylation sites (tertiary alicyclic amines) is 1. The molecule has 3 aromatic rings. The molecule has 0 saturated carbocycles. The maximum atomic E-state index is 13.7. The highest BCUT2D eigenvalue weighted by Crippen LogP contribution is 2.39. The van der Waals surface area contributed by atoms with E-state index < -0.39 is 41.4 Å². The van der Waals surface area contributed by atoms with Crippen molar-refractivity contribution in [3.8, 4) is 17.1 Å². The van der Waals surface area contributed by atoms with Crippen LogP contribution in [0.15, 0.2) is 47.0 Å². The number of amides is 1. The highest BCUT2D eigenvalue weighted by atomic mass is 19.4. The van der Waals surface area contributed by atoms with Crippen LogP contribution < -0.4 is 4.74 Å². The van der Waals surface area contributed by atoms with Gasteiger partial charge in [0.05, 0.1) is 17.7 Å². The molecule has 4 rings (SSSR count). The van der Waals surface area contributed by atoms with Crippen molar-refractivity contribution in [1.82, 2.24) is 15.0 Å². The number of carboxylic acid groups (broad SMARTS) is 1. The van der Waals surface area contributed by atoms with Crippen LogP contribution in [-0.4, -0.2) is 39.4 Å². The summed E-state index contributed by atoms with van der Waals surface area (Å²) in [7, 11) is 0. The van der Waals surface area contributed by atoms with Crippen molar-refractivity contribution >= 4 is 6.09 Å². The first-order valence-corrected chi connectivity index (χ1v) is 11.3. The molecule has 1 atom stereocenters. The van der Waals surface area contributed by atoms with Crippen molar-refractivity contribution in [2.24, 2.45) is 0 Å². The fourth-order valence-electron chi connectivity index (χ4n) is 4.08. The van der Waals surface area contributed by atoms with Gasteiger partial charge in [0.25, 0.3) is 0 Å². The lowest BCUT2D eigenvalue weighted by Crippen LogP contribution is -2.28. The van der Waals surface area contributed by atoms with Crippen molar-refractivity contribution in [2.45, 2.75) is 44.1 Å². The largest absolute Gasteiger partial charge is 0.493 e. The van der Waals surface area contributed by atoms with Gasteiger partial charge in [-0.1, -0.05) is 17.3 Å². The summed E-state index contributed by atoms with van der Waals surface area (Å²) < 4.78 is 89.7. The molecule has 1 fully saturated rings. The fourth-order valence-corrected chi connectivity index (χ4v) is 4.08. The highest BCUT2D eigenvalue weighted by Gasteiger charge is 2.36. The van der Waals surface area contributed by atoms with E-state index in [1.165, 1.54) is 18.2 Å². The minimum absolute atomic E-state index is 0.00653. The van der Waals surface area contributed by atoms with Crippen LogP contribution in [0.3, 0.4) is 0 Å². The van der Waals surface area contributed by atoms with Crippen LogP contribution >= 0.6 is 0 Å². The summed E-state index contributed by atoms with van der Waals surface area (Å²) in [6.07, 6.45) is -8.70. The number of aryl methyl sites for hydroxylation is 1. The van der Waals surface area contributed by atoms with E-state index in [4.69, 9.17) is 9.26 Å². The van der Waals surface area contributed by atoms with E-state index in [1.54, 1.807) is 0 Å². The quantitative estimate of drug-likeness (QED) is 0.274. The molecule has 1 aliphatic rings. The van der Waals surface area contributed by atoms with Crippen molar-refractivity contribution in [2.75, 3.05) is 13.2 Å². The number of ether oxygens (including phenoxy) is 1. The molecule has 37 heavy (non-hydrogen) atoms. The monoisotopic (exact) mass is 529 g/mol. The van der Waals surface area contributed by atoms with Gasteiger partial charge in [-0.05, 0) is 61.6 Å². The molecule has 7 nitrogen and oxygen atoms in total. The molecule has 2 aromatic carbocycles.